The zero-order chi connectivity index (χ0) is 18.1. The van der Waals surface area contributed by atoms with E-state index in [1.54, 1.807) is 33.9 Å². The van der Waals surface area contributed by atoms with Crippen LogP contribution in [0.4, 0.5) is 5.69 Å². The van der Waals surface area contributed by atoms with Gasteiger partial charge >= 0.3 is 0 Å². The molecule has 2 amide bonds. The second kappa shape index (κ2) is 6.82. The molecule has 0 aliphatic carbocycles. The van der Waals surface area contributed by atoms with Crippen molar-refractivity contribution in [2.24, 2.45) is 7.05 Å². The summed E-state index contributed by atoms with van der Waals surface area (Å²) >= 11 is 1.42. The predicted octanol–water partition coefficient (Wildman–Crippen LogP) is 0.756. The maximum Gasteiger partial charge on any atom is 0.264 e. The van der Waals surface area contributed by atoms with E-state index < -0.39 is 5.60 Å². The summed E-state index contributed by atoms with van der Waals surface area (Å²) in [6, 6.07) is 3.68. The fourth-order valence-corrected chi connectivity index (χ4v) is 4.01. The Bertz CT molecular complexity index is 806. The van der Waals surface area contributed by atoms with E-state index in [2.05, 4.69) is 5.10 Å². The molecule has 2 aliphatic rings. The maximum atomic E-state index is 12.8. The molecule has 1 spiro atoms. The van der Waals surface area contributed by atoms with Crippen LogP contribution >= 0.6 is 11.3 Å². The number of anilines is 1. The highest BCUT2D eigenvalue weighted by Gasteiger charge is 2.44. The Morgan fingerprint density at radius 1 is 1.38 bits per heavy atom. The number of carbonyl (C=O) groups is 2. The van der Waals surface area contributed by atoms with Gasteiger partial charge in [0.15, 0.2) is 0 Å². The molecule has 0 radical (unpaired) electrons. The first-order valence-corrected chi connectivity index (χ1v) is 9.28. The summed E-state index contributed by atoms with van der Waals surface area (Å²) in [6.45, 7) is 1.95. The van der Waals surface area contributed by atoms with Gasteiger partial charge in [-0.15, -0.1) is 11.3 Å². The Balaban J connectivity index is 1.57. The first-order valence-electron chi connectivity index (χ1n) is 8.40. The van der Waals surface area contributed by atoms with Crippen LogP contribution in [0, 0.1) is 0 Å². The number of carbonyl (C=O) groups excluding carboxylic acids is 2. The van der Waals surface area contributed by atoms with Crippen molar-refractivity contribution >= 4 is 28.8 Å². The third-order valence-electron chi connectivity index (χ3n) is 4.62. The highest BCUT2D eigenvalue weighted by Crippen LogP contribution is 2.27. The number of nitrogens with zero attached hydrogens (tertiary/aromatic N) is 4. The Labute approximate surface area is 154 Å². The number of aryl methyl sites for hydroxylation is 1. The van der Waals surface area contributed by atoms with E-state index in [0.717, 1.165) is 5.69 Å². The largest absolute Gasteiger partial charge is 0.376 e. The van der Waals surface area contributed by atoms with Crippen LogP contribution in [0.1, 0.15) is 9.67 Å². The first kappa shape index (κ1) is 17.2. The minimum Gasteiger partial charge on any atom is -0.376 e. The Hall–Kier alpha value is -2.23. The van der Waals surface area contributed by atoms with Crippen LogP contribution in [0.25, 0.3) is 0 Å². The summed E-state index contributed by atoms with van der Waals surface area (Å²) in [5.41, 5.74) is -0.0201. The quantitative estimate of drug-likeness (QED) is 0.773. The van der Waals surface area contributed by atoms with Gasteiger partial charge in [0.1, 0.15) is 12.2 Å². The predicted molar refractivity (Wildman–Crippen MR) is 95.3 cm³/mol. The third kappa shape index (κ3) is 3.25. The summed E-state index contributed by atoms with van der Waals surface area (Å²) in [5.74, 6) is -0.151. The number of aromatic nitrogens is 2. The Kier molecular flexibility index (Phi) is 4.51. The number of rotatable bonds is 2. The SMILES string of the molecule is Cn1cc(N2C[C@]3(COCCN(C(=O)c4cccs4)C3)OCC2=O)cn1. The molecule has 0 saturated carbocycles. The van der Waals surface area contributed by atoms with Crippen molar-refractivity contribution < 1.29 is 19.1 Å². The lowest BCUT2D eigenvalue weighted by atomic mass is 10.0. The Morgan fingerprint density at radius 2 is 2.27 bits per heavy atom. The molecule has 0 N–H and O–H groups in total. The molecule has 2 aromatic heterocycles. The monoisotopic (exact) mass is 376 g/mol. The van der Waals surface area contributed by atoms with E-state index in [1.807, 2.05) is 17.5 Å². The standard InChI is InChI=1S/C17H20N4O4S/c1-19-8-13(7-18-19)21-11-17(25-9-15(21)22)10-20(4-5-24-12-17)16(23)14-3-2-6-26-14/h2-3,6-8H,4-5,9-12H2,1H3/t17-/m1/s1. The zero-order valence-electron chi connectivity index (χ0n) is 14.5. The Morgan fingerprint density at radius 3 is 3.00 bits per heavy atom. The highest BCUT2D eigenvalue weighted by molar-refractivity contribution is 7.12. The van der Waals surface area contributed by atoms with Gasteiger partial charge in [0.05, 0.1) is 43.1 Å². The van der Waals surface area contributed by atoms with Crippen molar-refractivity contribution in [1.29, 1.82) is 0 Å². The van der Waals surface area contributed by atoms with Crippen molar-refractivity contribution in [3.8, 4) is 0 Å². The van der Waals surface area contributed by atoms with E-state index in [4.69, 9.17) is 9.47 Å². The zero-order valence-corrected chi connectivity index (χ0v) is 15.3. The summed E-state index contributed by atoms with van der Waals surface area (Å²) in [4.78, 5) is 29.3. The van der Waals surface area contributed by atoms with Gasteiger partial charge in [0.2, 0.25) is 0 Å². The molecule has 0 aromatic carbocycles. The molecule has 0 unspecified atom stereocenters. The van der Waals surface area contributed by atoms with Gasteiger partial charge in [-0.2, -0.15) is 5.10 Å². The summed E-state index contributed by atoms with van der Waals surface area (Å²) < 4.78 is 13.3. The van der Waals surface area contributed by atoms with Crippen molar-refractivity contribution in [1.82, 2.24) is 14.7 Å². The fraction of sp³-hybridized carbons (Fsp3) is 0.471. The van der Waals surface area contributed by atoms with Crippen molar-refractivity contribution in [2.75, 3.05) is 44.4 Å². The molecule has 4 heterocycles. The molecular formula is C17H20N4O4S. The average molecular weight is 376 g/mol. The highest BCUT2D eigenvalue weighted by atomic mass is 32.1. The normalized spacial score (nSPS) is 24.1. The maximum absolute atomic E-state index is 12.8. The number of morpholine rings is 1. The molecule has 2 fully saturated rings. The van der Waals surface area contributed by atoms with E-state index in [-0.39, 0.29) is 18.4 Å². The molecular weight excluding hydrogens is 356 g/mol. The topological polar surface area (TPSA) is 76.9 Å². The third-order valence-corrected chi connectivity index (χ3v) is 5.48. The molecule has 2 aliphatic heterocycles. The van der Waals surface area contributed by atoms with Crippen LogP contribution in [-0.4, -0.2) is 71.6 Å². The van der Waals surface area contributed by atoms with Crippen LogP contribution < -0.4 is 4.90 Å². The number of hydrogen-bond acceptors (Lipinski definition) is 6. The molecule has 2 aromatic rings. The van der Waals surface area contributed by atoms with Gasteiger partial charge in [-0.25, -0.2) is 0 Å². The molecule has 8 nitrogen and oxygen atoms in total. The summed E-state index contributed by atoms with van der Waals surface area (Å²) in [5, 5.41) is 6.03. The van der Waals surface area contributed by atoms with Crippen LogP contribution in [0.3, 0.4) is 0 Å². The van der Waals surface area contributed by atoms with Crippen LogP contribution in [0.2, 0.25) is 0 Å². The van der Waals surface area contributed by atoms with Crippen LogP contribution in [0.15, 0.2) is 29.9 Å². The van der Waals surface area contributed by atoms with Gasteiger partial charge in [0.25, 0.3) is 11.8 Å². The van der Waals surface area contributed by atoms with Gasteiger partial charge in [0, 0.05) is 19.8 Å². The van der Waals surface area contributed by atoms with Gasteiger partial charge in [-0.1, -0.05) is 6.07 Å². The van der Waals surface area contributed by atoms with E-state index in [9.17, 15) is 9.59 Å². The molecule has 0 bridgehead atoms. The number of thiophene rings is 1. The van der Waals surface area contributed by atoms with Crippen molar-refractivity contribution in [3.63, 3.8) is 0 Å². The van der Waals surface area contributed by atoms with Crippen LogP contribution in [0.5, 0.6) is 0 Å². The first-order chi connectivity index (χ1) is 12.6. The molecule has 9 heteroatoms. The molecule has 4 rings (SSSR count). The molecule has 1 atom stereocenters. The summed E-state index contributed by atoms with van der Waals surface area (Å²) in [6.07, 6.45) is 3.45. The van der Waals surface area contributed by atoms with E-state index >= 15 is 0 Å². The smallest absolute Gasteiger partial charge is 0.264 e. The minimum absolute atomic E-state index is 0.0293. The minimum atomic E-state index is -0.743. The second-order valence-corrected chi connectivity index (χ2v) is 7.53. The lowest BCUT2D eigenvalue weighted by Crippen LogP contribution is -2.61. The fourth-order valence-electron chi connectivity index (χ4n) is 3.32. The van der Waals surface area contributed by atoms with Crippen molar-refractivity contribution in [3.05, 3.63) is 34.8 Å². The lowest BCUT2D eigenvalue weighted by Gasteiger charge is -2.42. The lowest BCUT2D eigenvalue weighted by molar-refractivity contribution is -0.145. The second-order valence-electron chi connectivity index (χ2n) is 6.58. The van der Waals surface area contributed by atoms with E-state index in [1.165, 1.54) is 11.3 Å². The van der Waals surface area contributed by atoms with Gasteiger partial charge in [-0.3, -0.25) is 14.3 Å². The number of amides is 2. The average Bonchev–Trinajstić information content (AvgIpc) is 3.27. The van der Waals surface area contributed by atoms with Gasteiger partial charge in [-0.05, 0) is 11.4 Å². The molecule has 2 saturated heterocycles. The van der Waals surface area contributed by atoms with E-state index in [0.29, 0.717) is 37.7 Å². The van der Waals surface area contributed by atoms with Crippen molar-refractivity contribution in [2.45, 2.75) is 5.60 Å². The summed E-state index contributed by atoms with van der Waals surface area (Å²) in [7, 11) is 1.81. The molecule has 26 heavy (non-hydrogen) atoms. The molecule has 138 valence electrons. The number of hydrogen-bond donors (Lipinski definition) is 0. The van der Waals surface area contributed by atoms with Gasteiger partial charge < -0.3 is 19.3 Å². The van der Waals surface area contributed by atoms with Crippen LogP contribution in [-0.2, 0) is 21.3 Å². The number of ether oxygens (including phenoxy) is 2.